The monoisotopic (exact) mass is 428 g/mol. The molecule has 2 aromatic heterocycles. The number of hydrogen-bond acceptors (Lipinski definition) is 4. The Morgan fingerprint density at radius 3 is 2.27 bits per heavy atom. The van der Waals surface area contributed by atoms with Gasteiger partial charge in [-0.05, 0) is 48.7 Å². The van der Waals surface area contributed by atoms with Gasteiger partial charge in [0.1, 0.15) is 11.9 Å². The molecular weight excluding hydrogens is 404 g/mol. The molecule has 1 aromatic carbocycles. The summed E-state index contributed by atoms with van der Waals surface area (Å²) in [6.07, 6.45) is 3.76. The molecule has 0 aliphatic carbocycles. The van der Waals surface area contributed by atoms with Crippen molar-refractivity contribution in [2.75, 3.05) is 7.11 Å². The number of nitrogens with one attached hydrogen (secondary N) is 1. The number of methoxy groups -OCH3 is 1. The van der Waals surface area contributed by atoms with Crippen LogP contribution in [0.1, 0.15) is 36.8 Å². The molecule has 0 saturated carbocycles. The van der Waals surface area contributed by atoms with Crippen molar-refractivity contribution in [1.82, 2.24) is 19.7 Å². The number of rotatable bonds is 5. The second-order valence-corrected chi connectivity index (χ2v) is 8.51. The van der Waals surface area contributed by atoms with Gasteiger partial charge in [-0.15, -0.1) is 0 Å². The van der Waals surface area contributed by atoms with Gasteiger partial charge in [-0.25, -0.2) is 9.48 Å². The third-order valence-corrected chi connectivity index (χ3v) is 5.06. The van der Waals surface area contributed by atoms with Crippen LogP contribution in [0.4, 0.5) is 0 Å². The summed E-state index contributed by atoms with van der Waals surface area (Å²) in [5.41, 5.74) is 1.13. The summed E-state index contributed by atoms with van der Waals surface area (Å²) < 4.78 is 8.45. The molecule has 158 valence electrons. The predicted molar refractivity (Wildman–Crippen MR) is 115 cm³/mol. The smallest absolute Gasteiger partial charge is 0.328 e. The van der Waals surface area contributed by atoms with E-state index in [-0.39, 0.29) is 5.69 Å². The fraction of sp³-hybridized carbons (Fsp3) is 0.318. The second kappa shape index (κ2) is 8.36. The first-order valence-electron chi connectivity index (χ1n) is 9.51. The Labute approximate surface area is 180 Å². The molecule has 8 heteroatoms. The van der Waals surface area contributed by atoms with E-state index in [4.69, 9.17) is 16.3 Å². The lowest BCUT2D eigenvalue weighted by Gasteiger charge is -2.28. The average Bonchev–Trinajstić information content (AvgIpc) is 3.32. The molecule has 0 fully saturated rings. The summed E-state index contributed by atoms with van der Waals surface area (Å²) in [5.74, 6) is -0.229. The van der Waals surface area contributed by atoms with Crippen molar-refractivity contribution >= 4 is 23.5 Å². The predicted octanol–water partition coefficient (Wildman–Crippen LogP) is 3.94. The van der Waals surface area contributed by atoms with E-state index in [1.54, 1.807) is 16.8 Å². The maximum atomic E-state index is 13.1. The Balaban J connectivity index is 2.07. The maximum Gasteiger partial charge on any atom is 0.328 e. The summed E-state index contributed by atoms with van der Waals surface area (Å²) >= 11 is 6.03. The Morgan fingerprint density at radius 2 is 1.73 bits per heavy atom. The highest BCUT2D eigenvalue weighted by Gasteiger charge is 2.35. The summed E-state index contributed by atoms with van der Waals surface area (Å²) in [5, 5.41) is 7.97. The van der Waals surface area contributed by atoms with Crippen molar-refractivity contribution in [3.05, 3.63) is 65.1 Å². The first kappa shape index (κ1) is 21.6. The van der Waals surface area contributed by atoms with E-state index in [0.717, 1.165) is 11.5 Å². The van der Waals surface area contributed by atoms with Crippen LogP contribution in [-0.4, -0.2) is 39.4 Å². The lowest BCUT2D eigenvalue weighted by Crippen LogP contribution is -2.49. The molecule has 0 aliphatic heterocycles. The number of carbonyl (C=O) groups excluding carboxylic acids is 2. The molecule has 0 aliphatic rings. The SMILES string of the molecule is COC(=O)[C@@H](NC(=O)c1nn(-c2ccc(Cl)cc2)c(-n2cccc2)c1C)C(C)(C)C. The van der Waals surface area contributed by atoms with Crippen LogP contribution in [0, 0.1) is 12.3 Å². The molecule has 3 rings (SSSR count). The quantitative estimate of drug-likeness (QED) is 0.624. The molecule has 2 heterocycles. The number of nitrogens with zero attached hydrogens (tertiary/aromatic N) is 3. The van der Waals surface area contributed by atoms with Gasteiger partial charge in [0.2, 0.25) is 0 Å². The highest BCUT2D eigenvalue weighted by molar-refractivity contribution is 6.30. The minimum atomic E-state index is -0.815. The van der Waals surface area contributed by atoms with Crippen molar-refractivity contribution < 1.29 is 14.3 Å². The first-order valence-corrected chi connectivity index (χ1v) is 9.89. The van der Waals surface area contributed by atoms with Crippen LogP contribution >= 0.6 is 11.6 Å². The largest absolute Gasteiger partial charge is 0.467 e. The zero-order chi connectivity index (χ0) is 22.1. The van der Waals surface area contributed by atoms with Crippen LogP contribution in [0.5, 0.6) is 0 Å². The topological polar surface area (TPSA) is 78.2 Å². The molecule has 0 unspecified atom stereocenters. The van der Waals surface area contributed by atoms with E-state index < -0.39 is 23.3 Å². The minimum Gasteiger partial charge on any atom is -0.467 e. The fourth-order valence-corrected chi connectivity index (χ4v) is 3.32. The highest BCUT2D eigenvalue weighted by atomic mass is 35.5. The molecule has 0 bridgehead atoms. The van der Waals surface area contributed by atoms with Crippen molar-refractivity contribution in [3.63, 3.8) is 0 Å². The first-order chi connectivity index (χ1) is 14.1. The van der Waals surface area contributed by atoms with Gasteiger partial charge in [-0.1, -0.05) is 32.4 Å². The summed E-state index contributed by atoms with van der Waals surface area (Å²) in [6.45, 7) is 7.41. The van der Waals surface area contributed by atoms with Crippen LogP contribution in [0.15, 0.2) is 48.8 Å². The number of ether oxygens (including phenoxy) is 1. The summed E-state index contributed by atoms with van der Waals surface area (Å²) in [6, 6.07) is 10.2. The zero-order valence-electron chi connectivity index (χ0n) is 17.6. The molecule has 0 saturated heterocycles. The van der Waals surface area contributed by atoms with Crippen molar-refractivity contribution in [2.45, 2.75) is 33.7 Å². The van der Waals surface area contributed by atoms with Gasteiger partial charge in [0.05, 0.1) is 12.8 Å². The molecular formula is C22H25ClN4O3. The normalized spacial score (nSPS) is 12.5. The number of aromatic nitrogens is 3. The van der Waals surface area contributed by atoms with E-state index in [9.17, 15) is 9.59 Å². The number of hydrogen-bond donors (Lipinski definition) is 1. The Morgan fingerprint density at radius 1 is 1.13 bits per heavy atom. The van der Waals surface area contributed by atoms with Gasteiger partial charge in [0.15, 0.2) is 5.69 Å². The molecule has 1 amide bonds. The maximum absolute atomic E-state index is 13.1. The minimum absolute atomic E-state index is 0.229. The van der Waals surface area contributed by atoms with Crippen molar-refractivity contribution in [2.24, 2.45) is 5.41 Å². The van der Waals surface area contributed by atoms with Gasteiger partial charge in [0.25, 0.3) is 5.91 Å². The van der Waals surface area contributed by atoms with Gasteiger partial charge in [0, 0.05) is 23.0 Å². The van der Waals surface area contributed by atoms with Gasteiger partial charge >= 0.3 is 5.97 Å². The standard InChI is InChI=1S/C22H25ClN4O3/c1-14-17(19(28)24-18(21(29)30-5)22(2,3)4)25-27(16-10-8-15(23)9-11-16)20(14)26-12-6-7-13-26/h6-13,18H,1-5H3,(H,24,28)/t18-/m1/s1. The molecule has 1 N–H and O–H groups in total. The van der Waals surface area contributed by atoms with Crippen LogP contribution in [0.3, 0.4) is 0 Å². The number of carbonyl (C=O) groups is 2. The highest BCUT2D eigenvalue weighted by Crippen LogP contribution is 2.25. The van der Waals surface area contributed by atoms with E-state index >= 15 is 0 Å². The molecule has 0 spiro atoms. The fourth-order valence-electron chi connectivity index (χ4n) is 3.19. The van der Waals surface area contributed by atoms with Gasteiger partial charge in [-0.3, -0.25) is 4.79 Å². The van der Waals surface area contributed by atoms with Crippen molar-refractivity contribution in [3.8, 4) is 11.5 Å². The third kappa shape index (κ3) is 4.26. The van der Waals surface area contributed by atoms with E-state index in [0.29, 0.717) is 10.6 Å². The van der Waals surface area contributed by atoms with E-state index in [1.807, 2.05) is 68.9 Å². The lowest BCUT2D eigenvalue weighted by molar-refractivity contribution is -0.145. The van der Waals surface area contributed by atoms with E-state index in [1.165, 1.54) is 7.11 Å². The number of halogens is 1. The van der Waals surface area contributed by atoms with Crippen LogP contribution in [-0.2, 0) is 9.53 Å². The third-order valence-electron chi connectivity index (χ3n) is 4.80. The Kier molecular flexibility index (Phi) is 6.03. The molecule has 7 nitrogen and oxygen atoms in total. The van der Waals surface area contributed by atoms with Crippen LogP contribution in [0.2, 0.25) is 5.02 Å². The molecule has 30 heavy (non-hydrogen) atoms. The zero-order valence-corrected chi connectivity index (χ0v) is 18.4. The summed E-state index contributed by atoms with van der Waals surface area (Å²) in [7, 11) is 1.30. The number of amides is 1. The van der Waals surface area contributed by atoms with Gasteiger partial charge < -0.3 is 14.6 Å². The van der Waals surface area contributed by atoms with Crippen LogP contribution < -0.4 is 5.32 Å². The Hall–Kier alpha value is -3.06. The molecule has 3 aromatic rings. The average molecular weight is 429 g/mol. The molecule has 0 radical (unpaired) electrons. The Bertz CT molecular complexity index is 1050. The van der Waals surface area contributed by atoms with Crippen LogP contribution in [0.25, 0.3) is 11.5 Å². The summed E-state index contributed by atoms with van der Waals surface area (Å²) in [4.78, 5) is 25.4. The van der Waals surface area contributed by atoms with Gasteiger partial charge in [-0.2, -0.15) is 5.10 Å². The van der Waals surface area contributed by atoms with Crippen molar-refractivity contribution in [1.29, 1.82) is 0 Å². The van der Waals surface area contributed by atoms with E-state index in [2.05, 4.69) is 10.4 Å². The lowest BCUT2D eigenvalue weighted by atomic mass is 9.86. The number of benzene rings is 1. The second-order valence-electron chi connectivity index (χ2n) is 8.07. The number of esters is 1. The molecule has 1 atom stereocenters.